The third-order valence-electron chi connectivity index (χ3n) is 19.3. The molecule has 0 aromatic heterocycles. The average Bonchev–Trinajstić information content (AvgIpc) is 3.54. The van der Waals surface area contributed by atoms with Crippen LogP contribution < -0.4 is 10.6 Å². The first kappa shape index (κ1) is 76.4. The SMILES string of the molecule is CC[C@H](CC(=O)[C@@H](NC(=O)[C@@H](CC(=O)[C@@H](C)CCCCCCO[C@@H]1OC(COC(C)=O)[C@@H](O[C@@H]2OC(COC(C)=O)[C@H](O[C@H]3OC(COC(C)=O)[C@H](C)[C@H](C)C3C)[C@H](C)C2C)[C@H](C)C1C)C(C)C)C(C)C)C(=O)N[C@H](C(=O)C[C@H](C)C(C)C)C(C)C. The second-order valence-electron chi connectivity index (χ2n) is 27.4. The number of amides is 2. The zero-order valence-electron chi connectivity index (χ0n) is 56.6. The van der Waals surface area contributed by atoms with Gasteiger partial charge in [0.15, 0.2) is 30.4 Å². The molecular formula is C67H116N2O17. The molecule has 3 aliphatic heterocycles. The summed E-state index contributed by atoms with van der Waals surface area (Å²) in [5.41, 5.74) is 0. The number of Topliss-reactive ketones (excluding diaryl/α,β-unsaturated/α-hetero) is 3. The van der Waals surface area contributed by atoms with Gasteiger partial charge in [0, 0.05) is 82.1 Å². The highest BCUT2D eigenvalue weighted by atomic mass is 16.7. The van der Waals surface area contributed by atoms with Crippen LogP contribution in [0, 0.1) is 88.8 Å². The third-order valence-corrected chi connectivity index (χ3v) is 19.3. The maximum atomic E-state index is 13.9. The molecule has 3 saturated heterocycles. The molecule has 496 valence electrons. The number of carbonyl (C=O) groups is 8. The summed E-state index contributed by atoms with van der Waals surface area (Å²) in [6.45, 7) is 40.1. The lowest BCUT2D eigenvalue weighted by molar-refractivity contribution is -0.352. The highest BCUT2D eigenvalue weighted by Gasteiger charge is 2.51. The van der Waals surface area contributed by atoms with Gasteiger partial charge in [0.25, 0.3) is 0 Å². The van der Waals surface area contributed by atoms with Gasteiger partial charge in [-0.2, -0.15) is 0 Å². The molecule has 3 heterocycles. The van der Waals surface area contributed by atoms with E-state index in [1.54, 1.807) is 0 Å². The molecule has 19 heteroatoms. The number of hydrogen-bond acceptors (Lipinski definition) is 17. The number of ether oxygens (including phenoxy) is 9. The molecule has 0 aromatic carbocycles. The van der Waals surface area contributed by atoms with Crippen LogP contribution >= 0.6 is 0 Å². The van der Waals surface area contributed by atoms with Crippen LogP contribution in [0.1, 0.15) is 203 Å². The highest BCUT2D eigenvalue weighted by Crippen LogP contribution is 2.42. The van der Waals surface area contributed by atoms with Gasteiger partial charge in [-0.25, -0.2) is 0 Å². The Labute approximate surface area is 516 Å². The maximum Gasteiger partial charge on any atom is 0.302 e. The van der Waals surface area contributed by atoms with Crippen molar-refractivity contribution in [2.75, 3.05) is 26.4 Å². The average molecular weight is 1220 g/mol. The lowest BCUT2D eigenvalue weighted by Crippen LogP contribution is -2.59. The fourth-order valence-electron chi connectivity index (χ4n) is 11.9. The second kappa shape index (κ2) is 36.7. The number of ketones is 3. The predicted octanol–water partition coefficient (Wildman–Crippen LogP) is 10.4. The van der Waals surface area contributed by atoms with E-state index in [-0.39, 0.29) is 145 Å². The summed E-state index contributed by atoms with van der Waals surface area (Å²) in [6, 6.07) is -1.50. The molecule has 21 atom stereocenters. The minimum atomic E-state index is -0.847. The van der Waals surface area contributed by atoms with Crippen molar-refractivity contribution in [3.8, 4) is 0 Å². The van der Waals surface area contributed by atoms with E-state index >= 15 is 0 Å². The van der Waals surface area contributed by atoms with E-state index in [4.69, 9.17) is 42.6 Å². The van der Waals surface area contributed by atoms with Crippen molar-refractivity contribution < 1.29 is 81.0 Å². The smallest absolute Gasteiger partial charge is 0.302 e. The fourth-order valence-corrected chi connectivity index (χ4v) is 11.9. The summed E-state index contributed by atoms with van der Waals surface area (Å²) in [5.74, 6) is -4.32. The Morgan fingerprint density at radius 2 is 0.872 bits per heavy atom. The molecule has 0 saturated carbocycles. The number of nitrogens with one attached hydrogen (secondary N) is 2. The van der Waals surface area contributed by atoms with Crippen molar-refractivity contribution in [2.45, 2.75) is 265 Å². The topological polar surface area (TPSA) is 244 Å². The standard InChI is InChI=1S/C67H116N2O17/c1-22-51(63(76)68-59(37(6)7)54(74)29-40(11)35(2)3)30-55(75)60(38(8)9)69-64(77)52(36(4)5)31-53(73)39(10)27-25-23-24-26-28-78-65-46(17)43(14)61(57(83-65)33-80-49(20)71)86-67-47(18)44(15)62(58(84-67)34-81-50(21)72)85-66-45(16)41(12)42(13)56(82-66)32-79-48(19)70/h35-47,51-52,56-62,65-67H,22-34H2,1-21H3,(H,68,76)(H,69,77)/t39-,40-,41-,42+,43+,44+,45?,46?,47?,51+,52-,56?,57?,58?,59-,60-,61-,62+,65+,66+,67-/m0/s1. The molecule has 2 N–H and O–H groups in total. The molecule has 0 spiro atoms. The third kappa shape index (κ3) is 23.2. The minimum Gasteiger partial charge on any atom is -0.463 e. The first-order valence-electron chi connectivity index (χ1n) is 32.7. The van der Waals surface area contributed by atoms with Gasteiger partial charge in [-0.05, 0) is 72.5 Å². The first-order chi connectivity index (χ1) is 40.2. The molecule has 3 aliphatic rings. The summed E-state index contributed by atoms with van der Waals surface area (Å²) >= 11 is 0. The van der Waals surface area contributed by atoms with E-state index < -0.39 is 79.1 Å². The van der Waals surface area contributed by atoms with Gasteiger partial charge in [0.2, 0.25) is 11.8 Å². The molecule has 6 unspecified atom stereocenters. The van der Waals surface area contributed by atoms with Gasteiger partial charge in [0.1, 0.15) is 37.8 Å². The quantitative estimate of drug-likeness (QED) is 0.0336. The van der Waals surface area contributed by atoms with E-state index in [0.717, 1.165) is 25.7 Å². The molecule has 2 amide bonds. The summed E-state index contributed by atoms with van der Waals surface area (Å²) in [7, 11) is 0. The van der Waals surface area contributed by atoms with Crippen LogP contribution in [0.2, 0.25) is 0 Å². The van der Waals surface area contributed by atoms with Crippen LogP contribution in [-0.2, 0) is 81.0 Å². The van der Waals surface area contributed by atoms with Gasteiger partial charge < -0.3 is 53.3 Å². The van der Waals surface area contributed by atoms with Gasteiger partial charge in [-0.1, -0.05) is 144 Å². The van der Waals surface area contributed by atoms with Gasteiger partial charge in [-0.3, -0.25) is 38.4 Å². The van der Waals surface area contributed by atoms with Crippen molar-refractivity contribution in [2.24, 2.45) is 88.8 Å². The summed E-state index contributed by atoms with van der Waals surface area (Å²) in [6.07, 6.45) is -0.320. The summed E-state index contributed by atoms with van der Waals surface area (Å²) in [4.78, 5) is 105. The van der Waals surface area contributed by atoms with Crippen molar-refractivity contribution >= 4 is 47.1 Å². The normalized spacial score (nSPS) is 30.0. The zero-order chi connectivity index (χ0) is 65.0. The maximum absolute atomic E-state index is 13.9. The van der Waals surface area contributed by atoms with E-state index in [1.807, 2.05) is 76.2 Å². The summed E-state index contributed by atoms with van der Waals surface area (Å²) in [5, 5.41) is 5.94. The van der Waals surface area contributed by atoms with Crippen LogP contribution in [0.3, 0.4) is 0 Å². The Kier molecular flexibility index (Phi) is 32.6. The van der Waals surface area contributed by atoms with Crippen molar-refractivity contribution in [3.05, 3.63) is 0 Å². The Hall–Kier alpha value is -3.88. The van der Waals surface area contributed by atoms with Crippen molar-refractivity contribution in [3.63, 3.8) is 0 Å². The Balaban J connectivity index is 1.56. The molecule has 0 aliphatic carbocycles. The van der Waals surface area contributed by atoms with Crippen LogP contribution in [0.15, 0.2) is 0 Å². The minimum absolute atomic E-state index is 0.00591. The number of esters is 3. The fraction of sp³-hybridized carbons (Fsp3) is 0.881. The van der Waals surface area contributed by atoms with E-state index in [1.165, 1.54) is 20.8 Å². The van der Waals surface area contributed by atoms with E-state index in [9.17, 15) is 38.4 Å². The van der Waals surface area contributed by atoms with E-state index in [2.05, 4.69) is 59.1 Å². The first-order valence-corrected chi connectivity index (χ1v) is 32.7. The molecule has 86 heavy (non-hydrogen) atoms. The van der Waals surface area contributed by atoms with Crippen LogP contribution in [0.4, 0.5) is 0 Å². The predicted molar refractivity (Wildman–Crippen MR) is 326 cm³/mol. The van der Waals surface area contributed by atoms with E-state index in [0.29, 0.717) is 31.8 Å². The summed E-state index contributed by atoms with van der Waals surface area (Å²) < 4.78 is 56.2. The molecule has 0 aromatic rings. The molecule has 3 fully saturated rings. The van der Waals surface area contributed by atoms with Gasteiger partial charge in [-0.15, -0.1) is 0 Å². The second-order valence-corrected chi connectivity index (χ2v) is 27.4. The Morgan fingerprint density at radius 1 is 0.442 bits per heavy atom. The number of carbonyl (C=O) groups excluding carboxylic acids is 8. The Bertz CT molecular complexity index is 2150. The zero-order valence-corrected chi connectivity index (χ0v) is 56.6. The molecular weight excluding hydrogens is 1100 g/mol. The largest absolute Gasteiger partial charge is 0.463 e. The van der Waals surface area contributed by atoms with Crippen LogP contribution in [0.25, 0.3) is 0 Å². The Morgan fingerprint density at radius 3 is 1.34 bits per heavy atom. The lowest BCUT2D eigenvalue weighted by atomic mass is 9.78. The molecule has 19 nitrogen and oxygen atoms in total. The van der Waals surface area contributed by atoms with Crippen LogP contribution in [0.5, 0.6) is 0 Å². The molecule has 0 bridgehead atoms. The molecule has 0 radical (unpaired) electrons. The number of unbranched alkanes of at least 4 members (excludes halogenated alkanes) is 3. The van der Waals surface area contributed by atoms with Gasteiger partial charge in [0.05, 0.1) is 30.4 Å². The van der Waals surface area contributed by atoms with Crippen molar-refractivity contribution in [1.82, 2.24) is 10.6 Å². The number of rotatable bonds is 36. The van der Waals surface area contributed by atoms with Crippen molar-refractivity contribution in [1.29, 1.82) is 0 Å². The lowest BCUT2D eigenvalue weighted by Gasteiger charge is -2.50. The van der Waals surface area contributed by atoms with Gasteiger partial charge >= 0.3 is 17.9 Å². The highest BCUT2D eigenvalue weighted by molar-refractivity contribution is 5.95. The number of hydrogen-bond donors (Lipinski definition) is 2. The monoisotopic (exact) mass is 1220 g/mol. The molecule has 3 rings (SSSR count). The van der Waals surface area contributed by atoms with Crippen LogP contribution in [-0.4, -0.2) is 135 Å².